The Morgan fingerprint density at radius 1 is 1.39 bits per heavy atom. The number of aromatic nitrogens is 3. The number of carbonyl (C=O) groups excluding carboxylic acids is 1. The molecule has 1 atom stereocenters. The second-order valence-electron chi connectivity index (χ2n) is 5.89. The average molecular weight is 396 g/mol. The van der Waals surface area contributed by atoms with E-state index in [1.165, 1.54) is 11.8 Å². The Hall–Kier alpha value is -3.18. The minimum atomic E-state index is -0.383. The van der Waals surface area contributed by atoms with Crippen molar-refractivity contribution in [1.29, 1.82) is 0 Å². The first-order chi connectivity index (χ1) is 13.6. The van der Waals surface area contributed by atoms with Crippen molar-refractivity contribution in [3.63, 3.8) is 0 Å². The molecule has 0 aliphatic heterocycles. The van der Waals surface area contributed by atoms with E-state index >= 15 is 0 Å². The van der Waals surface area contributed by atoms with Crippen LogP contribution in [0.15, 0.2) is 52.2 Å². The van der Waals surface area contributed by atoms with E-state index in [0.29, 0.717) is 17.5 Å². The summed E-state index contributed by atoms with van der Waals surface area (Å²) in [4.78, 5) is 12.2. The number of methoxy groups -OCH3 is 1. The van der Waals surface area contributed by atoms with E-state index in [4.69, 9.17) is 15.6 Å². The highest BCUT2D eigenvalue weighted by molar-refractivity contribution is 8.00. The fourth-order valence-corrected chi connectivity index (χ4v) is 3.42. The van der Waals surface area contributed by atoms with Gasteiger partial charge in [0.2, 0.25) is 5.91 Å². The Labute approximate surface area is 167 Å². The summed E-state index contributed by atoms with van der Waals surface area (Å²) < 4.78 is 12.7. The molecule has 0 bridgehead atoms. The van der Waals surface area contributed by atoms with Crippen LogP contribution < -0.4 is 10.1 Å². The predicted octanol–water partition coefficient (Wildman–Crippen LogP) is 2.83. The number of nitrogens with zero attached hydrogens (tertiary/aromatic N) is 3. The molecule has 2 heterocycles. The summed E-state index contributed by atoms with van der Waals surface area (Å²) in [5.41, 5.74) is 0.856. The first kappa shape index (κ1) is 19.6. The number of benzene rings is 1. The van der Waals surface area contributed by atoms with Crippen LogP contribution in [0.25, 0.3) is 11.4 Å². The molecule has 8 heteroatoms. The normalized spacial score (nSPS) is 11.6. The Morgan fingerprint density at radius 3 is 2.96 bits per heavy atom. The molecule has 144 valence electrons. The summed E-state index contributed by atoms with van der Waals surface area (Å²) in [6, 6.07) is 11.3. The molecule has 1 aromatic carbocycles. The van der Waals surface area contributed by atoms with Gasteiger partial charge in [-0.05, 0) is 31.2 Å². The Kier molecular flexibility index (Phi) is 6.40. The summed E-state index contributed by atoms with van der Waals surface area (Å²) >= 11 is 1.31. The maximum Gasteiger partial charge on any atom is 0.234 e. The summed E-state index contributed by atoms with van der Waals surface area (Å²) in [6.45, 7) is 2.43. The minimum absolute atomic E-state index is 0.154. The van der Waals surface area contributed by atoms with E-state index in [1.54, 1.807) is 20.3 Å². The molecule has 1 amide bonds. The molecule has 0 spiro atoms. The van der Waals surface area contributed by atoms with Crippen LogP contribution in [0.2, 0.25) is 0 Å². The second kappa shape index (κ2) is 9.15. The van der Waals surface area contributed by atoms with Crippen LogP contribution in [0, 0.1) is 12.3 Å². The van der Waals surface area contributed by atoms with Gasteiger partial charge in [-0.25, -0.2) is 0 Å². The lowest BCUT2D eigenvalue weighted by molar-refractivity contribution is -0.120. The van der Waals surface area contributed by atoms with Gasteiger partial charge in [-0.2, -0.15) is 0 Å². The second-order valence-corrected chi connectivity index (χ2v) is 7.19. The highest BCUT2D eigenvalue weighted by Crippen LogP contribution is 2.29. The molecule has 3 rings (SSSR count). The topological polar surface area (TPSA) is 82.2 Å². The van der Waals surface area contributed by atoms with E-state index in [-0.39, 0.29) is 17.7 Å². The lowest BCUT2D eigenvalue weighted by Gasteiger charge is -2.12. The third-order valence-electron chi connectivity index (χ3n) is 3.95. The Morgan fingerprint density at radius 2 is 2.25 bits per heavy atom. The molecular formula is C20H20N4O3S. The fraction of sp³-hybridized carbons (Fsp3) is 0.250. The van der Waals surface area contributed by atoms with E-state index in [9.17, 15) is 4.79 Å². The number of terminal acetylenes is 1. The lowest BCUT2D eigenvalue weighted by atomic mass is 10.2. The number of thioether (sulfide) groups is 1. The number of furan rings is 1. The van der Waals surface area contributed by atoms with Gasteiger partial charge in [0.15, 0.2) is 11.0 Å². The Bertz CT molecular complexity index is 976. The van der Waals surface area contributed by atoms with Crippen LogP contribution >= 0.6 is 11.8 Å². The van der Waals surface area contributed by atoms with Crippen LogP contribution in [0.4, 0.5) is 0 Å². The quantitative estimate of drug-likeness (QED) is 0.466. The number of hydrogen-bond donors (Lipinski definition) is 1. The van der Waals surface area contributed by atoms with Crippen LogP contribution in [-0.2, 0) is 11.3 Å². The molecule has 0 saturated heterocycles. The third-order valence-corrected chi connectivity index (χ3v) is 5.04. The molecule has 3 aromatic rings. The van der Waals surface area contributed by atoms with Gasteiger partial charge in [-0.15, -0.1) is 16.6 Å². The summed E-state index contributed by atoms with van der Waals surface area (Å²) in [5.74, 6) is 4.39. The maximum atomic E-state index is 12.2. The van der Waals surface area contributed by atoms with Gasteiger partial charge < -0.3 is 14.5 Å². The van der Waals surface area contributed by atoms with E-state index in [2.05, 4.69) is 21.4 Å². The zero-order chi connectivity index (χ0) is 19.9. The highest BCUT2D eigenvalue weighted by Gasteiger charge is 2.21. The first-order valence-corrected chi connectivity index (χ1v) is 9.48. The molecule has 7 nitrogen and oxygen atoms in total. The molecule has 1 N–H and O–H groups in total. The van der Waals surface area contributed by atoms with Gasteiger partial charge in [0.05, 0.1) is 31.7 Å². The molecule has 1 unspecified atom stereocenters. The fourth-order valence-electron chi connectivity index (χ4n) is 2.55. The molecule has 0 aliphatic carbocycles. The van der Waals surface area contributed by atoms with Crippen molar-refractivity contribution in [3.8, 4) is 29.5 Å². The number of rotatable bonds is 8. The SMILES string of the molecule is C#CCNC(=O)C(C)Sc1nnc(-c2cccc(OC)c2)n1Cc1ccco1. The summed E-state index contributed by atoms with van der Waals surface area (Å²) in [6.07, 6.45) is 6.82. The number of nitrogens with one attached hydrogen (secondary N) is 1. The zero-order valence-corrected chi connectivity index (χ0v) is 16.4. The van der Waals surface area contributed by atoms with E-state index in [1.807, 2.05) is 41.0 Å². The van der Waals surface area contributed by atoms with Crippen molar-refractivity contribution in [1.82, 2.24) is 20.1 Å². The molecule has 0 saturated carbocycles. The first-order valence-electron chi connectivity index (χ1n) is 8.60. The Balaban J connectivity index is 1.92. The van der Waals surface area contributed by atoms with Crippen LogP contribution in [0.5, 0.6) is 5.75 Å². The largest absolute Gasteiger partial charge is 0.497 e. The third kappa shape index (κ3) is 4.56. The molecule has 0 radical (unpaired) electrons. The van der Waals surface area contributed by atoms with Gasteiger partial charge >= 0.3 is 0 Å². The maximum absolute atomic E-state index is 12.2. The molecule has 28 heavy (non-hydrogen) atoms. The van der Waals surface area contributed by atoms with Crippen molar-refractivity contribution >= 4 is 17.7 Å². The molecular weight excluding hydrogens is 376 g/mol. The highest BCUT2D eigenvalue weighted by atomic mass is 32.2. The van der Waals surface area contributed by atoms with Crippen molar-refractivity contribution in [2.24, 2.45) is 0 Å². The van der Waals surface area contributed by atoms with Gasteiger partial charge in [0.1, 0.15) is 11.5 Å². The van der Waals surface area contributed by atoms with Crippen molar-refractivity contribution in [2.45, 2.75) is 23.9 Å². The minimum Gasteiger partial charge on any atom is -0.497 e. The van der Waals surface area contributed by atoms with Gasteiger partial charge in [-0.3, -0.25) is 9.36 Å². The van der Waals surface area contributed by atoms with Crippen molar-refractivity contribution < 1.29 is 13.9 Å². The molecule has 0 fully saturated rings. The number of amides is 1. The summed E-state index contributed by atoms with van der Waals surface area (Å²) in [5, 5.41) is 11.6. The predicted molar refractivity (Wildman–Crippen MR) is 107 cm³/mol. The zero-order valence-electron chi connectivity index (χ0n) is 15.6. The van der Waals surface area contributed by atoms with E-state index in [0.717, 1.165) is 17.1 Å². The number of carbonyl (C=O) groups is 1. The lowest BCUT2D eigenvalue weighted by Crippen LogP contribution is -2.31. The van der Waals surface area contributed by atoms with Gasteiger partial charge in [0.25, 0.3) is 0 Å². The van der Waals surface area contributed by atoms with Crippen LogP contribution in [-0.4, -0.2) is 39.6 Å². The molecule has 0 aliphatic rings. The number of hydrogen-bond acceptors (Lipinski definition) is 6. The summed E-state index contributed by atoms with van der Waals surface area (Å²) in [7, 11) is 1.62. The number of ether oxygens (including phenoxy) is 1. The van der Waals surface area contributed by atoms with Crippen LogP contribution in [0.3, 0.4) is 0 Å². The van der Waals surface area contributed by atoms with Crippen LogP contribution in [0.1, 0.15) is 12.7 Å². The standard InChI is InChI=1S/C20H20N4O3S/c1-4-10-21-19(25)14(2)28-20-23-22-18(15-7-5-8-16(12-15)26-3)24(20)13-17-9-6-11-27-17/h1,5-9,11-12,14H,10,13H2,2-3H3,(H,21,25). The van der Waals surface area contributed by atoms with Crippen molar-refractivity contribution in [2.75, 3.05) is 13.7 Å². The smallest absolute Gasteiger partial charge is 0.234 e. The van der Waals surface area contributed by atoms with Gasteiger partial charge in [0, 0.05) is 5.56 Å². The van der Waals surface area contributed by atoms with Crippen molar-refractivity contribution in [3.05, 3.63) is 48.4 Å². The average Bonchev–Trinajstić information content (AvgIpc) is 3.37. The monoisotopic (exact) mass is 396 g/mol. The van der Waals surface area contributed by atoms with Gasteiger partial charge in [-0.1, -0.05) is 29.8 Å². The van der Waals surface area contributed by atoms with E-state index < -0.39 is 0 Å². The molecule has 2 aromatic heterocycles.